The van der Waals surface area contributed by atoms with E-state index in [4.69, 9.17) is 4.42 Å². The first-order valence-electron chi connectivity index (χ1n) is 10.6. The van der Waals surface area contributed by atoms with Crippen LogP contribution in [0, 0.1) is 13.8 Å². The third-order valence-corrected chi connectivity index (χ3v) is 5.71. The van der Waals surface area contributed by atoms with Crippen LogP contribution < -0.4 is 10.6 Å². The van der Waals surface area contributed by atoms with Crippen molar-refractivity contribution in [2.24, 2.45) is 0 Å². The summed E-state index contributed by atoms with van der Waals surface area (Å²) in [5, 5.41) is 6.83. The van der Waals surface area contributed by atoms with Crippen molar-refractivity contribution in [3.63, 3.8) is 0 Å². The average Bonchev–Trinajstić information content (AvgIpc) is 3.16. The van der Waals surface area contributed by atoms with Gasteiger partial charge in [0.2, 0.25) is 5.91 Å². The van der Waals surface area contributed by atoms with Gasteiger partial charge in [-0.1, -0.05) is 42.5 Å². The number of para-hydroxylation sites is 1. The highest BCUT2D eigenvalue weighted by molar-refractivity contribution is 6.04. The predicted molar refractivity (Wildman–Crippen MR) is 127 cm³/mol. The summed E-state index contributed by atoms with van der Waals surface area (Å²) in [5.41, 5.74) is 5.80. The van der Waals surface area contributed by atoms with E-state index >= 15 is 0 Å². The van der Waals surface area contributed by atoms with Gasteiger partial charge in [-0.2, -0.15) is 0 Å². The monoisotopic (exact) mass is 426 g/mol. The number of hydrogen-bond donors (Lipinski definition) is 2. The van der Waals surface area contributed by atoms with Crippen molar-refractivity contribution >= 4 is 28.5 Å². The van der Waals surface area contributed by atoms with Gasteiger partial charge in [0.1, 0.15) is 5.58 Å². The van der Waals surface area contributed by atoms with E-state index in [-0.39, 0.29) is 24.3 Å². The van der Waals surface area contributed by atoms with Crippen LogP contribution in [0.3, 0.4) is 0 Å². The van der Waals surface area contributed by atoms with Crippen molar-refractivity contribution in [2.75, 3.05) is 5.32 Å². The molecule has 0 aliphatic rings. The Morgan fingerprint density at radius 2 is 1.62 bits per heavy atom. The molecule has 0 radical (unpaired) electrons. The Morgan fingerprint density at radius 3 is 2.41 bits per heavy atom. The number of carbonyl (C=O) groups is 2. The van der Waals surface area contributed by atoms with E-state index in [1.54, 1.807) is 30.5 Å². The van der Waals surface area contributed by atoms with Crippen LogP contribution in [0.5, 0.6) is 0 Å². The SMILES string of the molecule is Cc1cc2occ(CC(=O)Nc3ccccc3C(=O)NC(C)c3ccccc3)c2cc1C. The van der Waals surface area contributed by atoms with Gasteiger partial charge >= 0.3 is 0 Å². The fraction of sp³-hybridized carbons (Fsp3) is 0.185. The first kappa shape index (κ1) is 21.4. The molecule has 0 aliphatic carbocycles. The van der Waals surface area contributed by atoms with Gasteiger partial charge in [-0.3, -0.25) is 9.59 Å². The summed E-state index contributed by atoms with van der Waals surface area (Å²) >= 11 is 0. The van der Waals surface area contributed by atoms with Gasteiger partial charge in [0.15, 0.2) is 0 Å². The lowest BCUT2D eigenvalue weighted by molar-refractivity contribution is -0.115. The van der Waals surface area contributed by atoms with E-state index in [9.17, 15) is 9.59 Å². The van der Waals surface area contributed by atoms with Crippen molar-refractivity contribution in [3.8, 4) is 0 Å². The van der Waals surface area contributed by atoms with Gasteiger partial charge in [-0.05, 0) is 61.7 Å². The van der Waals surface area contributed by atoms with Crippen molar-refractivity contribution in [2.45, 2.75) is 33.2 Å². The molecule has 0 fully saturated rings. The largest absolute Gasteiger partial charge is 0.464 e. The predicted octanol–water partition coefficient (Wildman–Crippen LogP) is 5.72. The van der Waals surface area contributed by atoms with Crippen LogP contribution in [-0.2, 0) is 11.2 Å². The molecule has 0 saturated carbocycles. The standard InChI is InChI=1S/C27H26N2O3/c1-17-13-23-21(16-32-25(23)14-18(17)2)15-26(30)29-24-12-8-7-11-22(24)27(31)28-19(3)20-9-5-4-6-10-20/h4-14,16,19H,15H2,1-3H3,(H,28,31)(H,29,30). The van der Waals surface area contributed by atoms with Gasteiger partial charge in [0.05, 0.1) is 30.0 Å². The molecule has 0 spiro atoms. The molecular formula is C27H26N2O3. The van der Waals surface area contributed by atoms with Crippen LogP contribution in [0.15, 0.2) is 77.4 Å². The quantitative estimate of drug-likeness (QED) is 0.414. The number of benzene rings is 3. The summed E-state index contributed by atoms with van der Waals surface area (Å²) in [6, 6.07) is 20.7. The van der Waals surface area contributed by atoms with Gasteiger partial charge < -0.3 is 15.1 Å². The Morgan fingerprint density at radius 1 is 0.938 bits per heavy atom. The van der Waals surface area contributed by atoms with E-state index in [0.29, 0.717) is 11.3 Å². The van der Waals surface area contributed by atoms with Crippen LogP contribution in [-0.4, -0.2) is 11.8 Å². The molecule has 4 rings (SSSR count). The molecule has 0 bridgehead atoms. The van der Waals surface area contributed by atoms with Gasteiger partial charge in [-0.15, -0.1) is 0 Å². The number of fused-ring (bicyclic) bond motifs is 1. The molecular weight excluding hydrogens is 400 g/mol. The van der Waals surface area contributed by atoms with Crippen LogP contribution >= 0.6 is 0 Å². The highest BCUT2D eigenvalue weighted by Gasteiger charge is 2.17. The van der Waals surface area contributed by atoms with Crippen molar-refractivity contribution in [1.29, 1.82) is 0 Å². The number of anilines is 1. The van der Waals surface area contributed by atoms with Crippen LogP contribution in [0.25, 0.3) is 11.0 Å². The number of rotatable bonds is 6. The van der Waals surface area contributed by atoms with Crippen LogP contribution in [0.1, 0.15) is 45.6 Å². The van der Waals surface area contributed by atoms with Gasteiger partial charge in [0.25, 0.3) is 5.91 Å². The van der Waals surface area contributed by atoms with E-state index in [1.165, 1.54) is 0 Å². The Kier molecular flexibility index (Phi) is 6.08. The molecule has 1 atom stereocenters. The highest BCUT2D eigenvalue weighted by atomic mass is 16.3. The Balaban J connectivity index is 1.49. The summed E-state index contributed by atoms with van der Waals surface area (Å²) in [6.45, 7) is 6.00. The lowest BCUT2D eigenvalue weighted by Crippen LogP contribution is -2.28. The zero-order valence-corrected chi connectivity index (χ0v) is 18.4. The minimum absolute atomic E-state index is 0.156. The number of carbonyl (C=O) groups excluding carboxylic acids is 2. The molecule has 3 aromatic carbocycles. The Bertz CT molecular complexity index is 1270. The molecule has 1 unspecified atom stereocenters. The summed E-state index contributed by atoms with van der Waals surface area (Å²) in [7, 11) is 0. The summed E-state index contributed by atoms with van der Waals surface area (Å²) < 4.78 is 5.64. The van der Waals surface area contributed by atoms with Crippen molar-refractivity contribution in [3.05, 3.63) is 101 Å². The van der Waals surface area contributed by atoms with Gasteiger partial charge in [-0.25, -0.2) is 0 Å². The molecule has 4 aromatic rings. The van der Waals surface area contributed by atoms with Crippen molar-refractivity contribution < 1.29 is 14.0 Å². The number of nitrogens with one attached hydrogen (secondary N) is 2. The average molecular weight is 427 g/mol. The van der Waals surface area contributed by atoms with E-state index in [0.717, 1.165) is 33.2 Å². The lowest BCUT2D eigenvalue weighted by Gasteiger charge is -2.16. The number of aryl methyl sites for hydroxylation is 2. The zero-order valence-electron chi connectivity index (χ0n) is 18.4. The molecule has 0 aliphatic heterocycles. The highest BCUT2D eigenvalue weighted by Crippen LogP contribution is 2.26. The first-order valence-corrected chi connectivity index (χ1v) is 10.6. The smallest absolute Gasteiger partial charge is 0.253 e. The maximum Gasteiger partial charge on any atom is 0.253 e. The molecule has 2 amide bonds. The Hall–Kier alpha value is -3.86. The molecule has 0 saturated heterocycles. The second kappa shape index (κ2) is 9.10. The third-order valence-electron chi connectivity index (χ3n) is 5.71. The fourth-order valence-corrected chi connectivity index (χ4v) is 3.73. The summed E-state index contributed by atoms with van der Waals surface area (Å²) in [6.07, 6.45) is 1.79. The molecule has 1 aromatic heterocycles. The minimum atomic E-state index is -0.239. The second-order valence-corrected chi connectivity index (χ2v) is 8.07. The molecule has 5 heteroatoms. The maximum atomic E-state index is 12.9. The van der Waals surface area contributed by atoms with E-state index < -0.39 is 0 Å². The van der Waals surface area contributed by atoms with E-state index in [1.807, 2.05) is 63.2 Å². The fourth-order valence-electron chi connectivity index (χ4n) is 3.73. The molecule has 162 valence electrons. The lowest BCUT2D eigenvalue weighted by atomic mass is 10.0. The molecule has 32 heavy (non-hydrogen) atoms. The minimum Gasteiger partial charge on any atom is -0.464 e. The Labute approximate surface area is 187 Å². The third kappa shape index (κ3) is 4.57. The summed E-state index contributed by atoms with van der Waals surface area (Å²) in [4.78, 5) is 25.7. The maximum absolute atomic E-state index is 12.9. The molecule has 1 heterocycles. The topological polar surface area (TPSA) is 71.3 Å². The molecule has 5 nitrogen and oxygen atoms in total. The zero-order chi connectivity index (χ0) is 22.7. The van der Waals surface area contributed by atoms with Crippen molar-refractivity contribution in [1.82, 2.24) is 5.32 Å². The number of amides is 2. The van der Waals surface area contributed by atoms with E-state index in [2.05, 4.69) is 10.6 Å². The normalized spacial score (nSPS) is 11.8. The molecule has 2 N–H and O–H groups in total. The van der Waals surface area contributed by atoms with Crippen LogP contribution in [0.4, 0.5) is 5.69 Å². The number of hydrogen-bond acceptors (Lipinski definition) is 3. The number of furan rings is 1. The van der Waals surface area contributed by atoms with Gasteiger partial charge in [0, 0.05) is 10.9 Å². The summed E-state index contributed by atoms with van der Waals surface area (Å²) in [5.74, 6) is -0.445. The second-order valence-electron chi connectivity index (χ2n) is 8.07. The van der Waals surface area contributed by atoms with Crippen LogP contribution in [0.2, 0.25) is 0 Å². The first-order chi connectivity index (χ1) is 15.4.